The summed E-state index contributed by atoms with van der Waals surface area (Å²) < 4.78 is 30.0. The molecular formula is C22H27NO5S. The summed E-state index contributed by atoms with van der Waals surface area (Å²) in [6.07, 6.45) is 1.05. The third kappa shape index (κ3) is 4.50. The van der Waals surface area contributed by atoms with Crippen molar-refractivity contribution in [2.45, 2.75) is 34.6 Å². The summed E-state index contributed by atoms with van der Waals surface area (Å²) >= 11 is 0. The van der Waals surface area contributed by atoms with Crippen molar-refractivity contribution in [3.8, 4) is 0 Å². The van der Waals surface area contributed by atoms with Gasteiger partial charge in [0.2, 0.25) is 15.8 Å². The number of anilines is 1. The fraction of sp³-hybridized carbons (Fsp3) is 0.364. The lowest BCUT2D eigenvalue weighted by Crippen LogP contribution is -2.27. The Labute approximate surface area is 172 Å². The molecular weight excluding hydrogens is 390 g/mol. The van der Waals surface area contributed by atoms with E-state index in [9.17, 15) is 18.0 Å². The highest BCUT2D eigenvalue weighted by Crippen LogP contribution is 2.27. The van der Waals surface area contributed by atoms with Gasteiger partial charge in [-0.15, -0.1) is 0 Å². The van der Waals surface area contributed by atoms with Crippen molar-refractivity contribution in [2.24, 2.45) is 0 Å². The van der Waals surface area contributed by atoms with Crippen LogP contribution in [-0.4, -0.2) is 40.1 Å². The average molecular weight is 418 g/mol. The van der Waals surface area contributed by atoms with Gasteiger partial charge in [-0.3, -0.25) is 9.10 Å². The summed E-state index contributed by atoms with van der Waals surface area (Å²) in [4.78, 5) is 25.4. The van der Waals surface area contributed by atoms with E-state index in [0.29, 0.717) is 5.56 Å². The first-order valence-electron chi connectivity index (χ1n) is 9.18. The second-order valence-electron chi connectivity index (χ2n) is 7.25. The summed E-state index contributed by atoms with van der Waals surface area (Å²) in [5.41, 5.74) is 5.84. The highest BCUT2D eigenvalue weighted by Gasteiger charge is 2.23. The number of sulfonamides is 1. The summed E-state index contributed by atoms with van der Waals surface area (Å²) in [6, 6.07) is 6.23. The second kappa shape index (κ2) is 8.37. The lowest BCUT2D eigenvalue weighted by Gasteiger charge is -2.20. The third-order valence-electron chi connectivity index (χ3n) is 5.57. The lowest BCUT2D eigenvalue weighted by molar-refractivity contribution is 0.0475. The van der Waals surface area contributed by atoms with Crippen LogP contribution in [0.3, 0.4) is 0 Å². The van der Waals surface area contributed by atoms with E-state index in [4.69, 9.17) is 4.74 Å². The summed E-state index contributed by atoms with van der Waals surface area (Å²) in [7, 11) is -2.19. The Morgan fingerprint density at radius 3 is 1.90 bits per heavy atom. The minimum absolute atomic E-state index is 0.0814. The number of carbonyl (C=O) groups excluding carboxylic acids is 2. The van der Waals surface area contributed by atoms with Crippen molar-refractivity contribution < 1.29 is 22.7 Å². The van der Waals surface area contributed by atoms with Crippen LogP contribution in [0.25, 0.3) is 0 Å². The quantitative estimate of drug-likeness (QED) is 0.529. The fourth-order valence-corrected chi connectivity index (χ4v) is 3.82. The third-order valence-corrected chi connectivity index (χ3v) is 6.77. The van der Waals surface area contributed by atoms with Crippen LogP contribution in [0.2, 0.25) is 0 Å². The van der Waals surface area contributed by atoms with Gasteiger partial charge in [-0.2, -0.15) is 0 Å². The van der Waals surface area contributed by atoms with Gasteiger partial charge in [0.25, 0.3) is 0 Å². The predicted octanol–water partition coefficient (Wildman–Crippen LogP) is 3.66. The molecule has 0 saturated carbocycles. The first kappa shape index (κ1) is 22.6. The Balaban J connectivity index is 2.29. The maximum atomic E-state index is 12.8. The molecule has 0 unspecified atom stereocenters. The van der Waals surface area contributed by atoms with Crippen LogP contribution < -0.4 is 4.31 Å². The first-order chi connectivity index (χ1) is 13.4. The molecule has 0 N–H and O–H groups in total. The maximum Gasteiger partial charge on any atom is 0.340 e. The smallest absolute Gasteiger partial charge is 0.340 e. The summed E-state index contributed by atoms with van der Waals surface area (Å²) in [5.74, 6) is -1.03. The summed E-state index contributed by atoms with van der Waals surface area (Å²) in [6.45, 7) is 9.32. The monoisotopic (exact) mass is 417 g/mol. The highest BCUT2D eigenvalue weighted by atomic mass is 32.2. The van der Waals surface area contributed by atoms with E-state index in [1.807, 2.05) is 34.6 Å². The number of para-hydroxylation sites is 1. The number of rotatable bonds is 6. The molecule has 0 aliphatic heterocycles. The number of Topliss-reactive ketones (excluding diaryl/α,β-unsaturated/α-hetero) is 1. The molecule has 156 valence electrons. The van der Waals surface area contributed by atoms with Gasteiger partial charge >= 0.3 is 5.97 Å². The predicted molar refractivity (Wildman–Crippen MR) is 114 cm³/mol. The minimum atomic E-state index is -3.55. The number of hydrogen-bond acceptors (Lipinski definition) is 5. The van der Waals surface area contributed by atoms with Crippen LogP contribution in [0, 0.1) is 34.6 Å². The van der Waals surface area contributed by atoms with E-state index in [-0.39, 0.29) is 17.0 Å². The van der Waals surface area contributed by atoms with Gasteiger partial charge in [0.05, 0.1) is 17.5 Å². The number of benzene rings is 2. The maximum absolute atomic E-state index is 12.8. The largest absolute Gasteiger partial charge is 0.454 e. The van der Waals surface area contributed by atoms with Gasteiger partial charge < -0.3 is 4.74 Å². The average Bonchev–Trinajstić information content (AvgIpc) is 2.67. The molecule has 0 amide bonds. The van der Waals surface area contributed by atoms with Crippen LogP contribution in [-0.2, 0) is 14.8 Å². The van der Waals surface area contributed by atoms with E-state index in [1.54, 1.807) is 12.1 Å². The minimum Gasteiger partial charge on any atom is -0.454 e. The topological polar surface area (TPSA) is 80.8 Å². The molecule has 2 aromatic rings. The molecule has 0 atom stereocenters. The van der Waals surface area contributed by atoms with E-state index >= 15 is 0 Å². The Hall–Kier alpha value is -2.67. The zero-order valence-corrected chi connectivity index (χ0v) is 18.7. The normalized spacial score (nSPS) is 11.3. The van der Waals surface area contributed by atoms with Gasteiger partial charge in [-0.05, 0) is 74.6 Å². The molecule has 6 nitrogen and oxygen atoms in total. The summed E-state index contributed by atoms with van der Waals surface area (Å²) in [5, 5.41) is 0. The van der Waals surface area contributed by atoms with E-state index in [2.05, 4.69) is 0 Å². The molecule has 0 saturated heterocycles. The second-order valence-corrected chi connectivity index (χ2v) is 9.26. The van der Waals surface area contributed by atoms with Gasteiger partial charge in [-0.25, -0.2) is 13.2 Å². The Bertz CT molecular complexity index is 1060. The van der Waals surface area contributed by atoms with E-state index in [1.165, 1.54) is 19.2 Å². The number of esters is 1. The van der Waals surface area contributed by atoms with Crippen molar-refractivity contribution >= 4 is 27.5 Å². The molecule has 2 rings (SSSR count). The van der Waals surface area contributed by atoms with Crippen molar-refractivity contribution in [1.29, 1.82) is 0 Å². The zero-order chi connectivity index (χ0) is 22.1. The van der Waals surface area contributed by atoms with E-state index in [0.717, 1.165) is 38.4 Å². The van der Waals surface area contributed by atoms with Gasteiger partial charge in [-0.1, -0.05) is 12.1 Å². The molecule has 0 radical (unpaired) electrons. The standard InChI is InChI=1S/C22H27NO5S/c1-13-14(2)16(4)21(17(5)15(13)3)20(24)12-28-22(25)18-10-8-9-11-19(18)23(6)29(7,26)27/h8-11H,12H2,1-7H3. The van der Waals surface area contributed by atoms with Crippen LogP contribution >= 0.6 is 0 Å². The molecule has 0 fully saturated rings. The SMILES string of the molecule is Cc1c(C)c(C)c(C(=O)COC(=O)c2ccccc2N(C)S(C)(=O)=O)c(C)c1C. The van der Waals surface area contributed by atoms with Crippen LogP contribution in [0.15, 0.2) is 24.3 Å². The van der Waals surface area contributed by atoms with Crippen LogP contribution in [0.5, 0.6) is 0 Å². The van der Waals surface area contributed by atoms with Crippen LogP contribution in [0.1, 0.15) is 48.5 Å². The van der Waals surface area contributed by atoms with Gasteiger partial charge in [0.1, 0.15) is 0 Å². The molecule has 0 aromatic heterocycles. The Morgan fingerprint density at radius 2 is 1.38 bits per heavy atom. The van der Waals surface area contributed by atoms with Gasteiger partial charge in [0.15, 0.2) is 6.61 Å². The number of ketones is 1. The number of carbonyl (C=O) groups is 2. The molecule has 0 aliphatic rings. The Kier molecular flexibility index (Phi) is 6.53. The molecule has 0 spiro atoms. The molecule has 0 heterocycles. The lowest BCUT2D eigenvalue weighted by atomic mass is 9.88. The number of ether oxygens (including phenoxy) is 1. The zero-order valence-electron chi connectivity index (χ0n) is 17.9. The fourth-order valence-electron chi connectivity index (χ4n) is 3.30. The van der Waals surface area contributed by atoms with Crippen LogP contribution in [0.4, 0.5) is 5.69 Å². The van der Waals surface area contributed by atoms with E-state index < -0.39 is 22.6 Å². The van der Waals surface area contributed by atoms with Gasteiger partial charge in [0, 0.05) is 12.6 Å². The molecule has 0 bridgehead atoms. The first-order valence-corrected chi connectivity index (χ1v) is 11.0. The highest BCUT2D eigenvalue weighted by molar-refractivity contribution is 7.92. The van der Waals surface area contributed by atoms with Crippen molar-refractivity contribution in [2.75, 3.05) is 24.2 Å². The molecule has 29 heavy (non-hydrogen) atoms. The molecule has 2 aromatic carbocycles. The van der Waals surface area contributed by atoms with Crippen molar-refractivity contribution in [3.63, 3.8) is 0 Å². The molecule has 0 aliphatic carbocycles. The Morgan fingerprint density at radius 1 is 0.897 bits per heavy atom. The number of hydrogen-bond donors (Lipinski definition) is 0. The van der Waals surface area contributed by atoms with Crippen molar-refractivity contribution in [1.82, 2.24) is 0 Å². The number of nitrogens with zero attached hydrogens (tertiary/aromatic N) is 1. The molecule has 7 heteroatoms. The van der Waals surface area contributed by atoms with Crippen molar-refractivity contribution in [3.05, 3.63) is 63.2 Å².